The number of allylic oxidation sites excluding steroid dienone is 2. The molecule has 1 aliphatic carbocycles. The second kappa shape index (κ2) is 7.79. The Labute approximate surface area is 129 Å². The van der Waals surface area contributed by atoms with Crippen LogP contribution in [0, 0.1) is 11.8 Å². The highest BCUT2D eigenvalue weighted by Gasteiger charge is 2.26. The number of rotatable bonds is 5. The molecule has 0 radical (unpaired) electrons. The molecule has 0 aromatic rings. The molecule has 1 heterocycles. The molecule has 1 saturated heterocycles. The Hall–Kier alpha value is -1.09. The lowest BCUT2D eigenvalue weighted by atomic mass is 9.85. The van der Waals surface area contributed by atoms with Crippen molar-refractivity contribution in [2.75, 3.05) is 26.2 Å². The van der Waals surface area contributed by atoms with E-state index in [-0.39, 0.29) is 11.9 Å². The van der Waals surface area contributed by atoms with Crippen LogP contribution in [-0.2, 0) is 9.53 Å². The van der Waals surface area contributed by atoms with Crippen molar-refractivity contribution in [2.45, 2.75) is 46.0 Å². The van der Waals surface area contributed by atoms with Gasteiger partial charge < -0.3 is 4.74 Å². The fraction of sp³-hybridized carbons (Fsp3) is 0.722. The zero-order valence-electron chi connectivity index (χ0n) is 13.6. The Morgan fingerprint density at radius 2 is 2.05 bits per heavy atom. The minimum Gasteiger partial charge on any atom is -0.466 e. The van der Waals surface area contributed by atoms with E-state index in [2.05, 4.69) is 24.5 Å². The molecule has 0 N–H and O–H groups in total. The predicted molar refractivity (Wildman–Crippen MR) is 86.0 cm³/mol. The average Bonchev–Trinajstić information content (AvgIpc) is 2.49. The van der Waals surface area contributed by atoms with E-state index < -0.39 is 0 Å². The van der Waals surface area contributed by atoms with Crippen LogP contribution < -0.4 is 0 Å². The number of hydrogen-bond donors (Lipinski definition) is 0. The van der Waals surface area contributed by atoms with E-state index in [0.29, 0.717) is 12.5 Å². The number of esters is 1. The molecular formula is C18H29NO2. The number of ether oxygens (including phenoxy) is 1. The van der Waals surface area contributed by atoms with Crippen molar-refractivity contribution >= 4 is 5.97 Å². The molecule has 0 saturated carbocycles. The molecule has 1 atom stereocenters. The maximum Gasteiger partial charge on any atom is 0.309 e. The van der Waals surface area contributed by atoms with Crippen molar-refractivity contribution < 1.29 is 9.53 Å². The Morgan fingerprint density at radius 3 is 2.57 bits per heavy atom. The molecule has 1 fully saturated rings. The van der Waals surface area contributed by atoms with Crippen LogP contribution in [0.5, 0.6) is 0 Å². The Balaban J connectivity index is 1.74. The van der Waals surface area contributed by atoms with Crippen LogP contribution in [0.2, 0.25) is 0 Å². The summed E-state index contributed by atoms with van der Waals surface area (Å²) in [6.07, 6.45) is 7.92. The Kier molecular flexibility index (Phi) is 6.04. The Bertz CT molecular complexity index is 405. The monoisotopic (exact) mass is 291 g/mol. The fourth-order valence-electron chi connectivity index (χ4n) is 3.35. The summed E-state index contributed by atoms with van der Waals surface area (Å²) in [4.78, 5) is 14.2. The van der Waals surface area contributed by atoms with Gasteiger partial charge in [-0.1, -0.05) is 23.8 Å². The van der Waals surface area contributed by atoms with Crippen LogP contribution in [0.25, 0.3) is 0 Å². The lowest BCUT2D eigenvalue weighted by Gasteiger charge is -2.32. The minimum absolute atomic E-state index is 0.00154. The highest BCUT2D eigenvalue weighted by Crippen LogP contribution is 2.29. The first kappa shape index (κ1) is 16.3. The molecule has 2 aliphatic rings. The summed E-state index contributed by atoms with van der Waals surface area (Å²) in [5.74, 6) is 0.802. The summed E-state index contributed by atoms with van der Waals surface area (Å²) < 4.78 is 5.12. The largest absolute Gasteiger partial charge is 0.466 e. The lowest BCUT2D eigenvalue weighted by Crippen LogP contribution is -2.38. The highest BCUT2D eigenvalue weighted by atomic mass is 16.5. The first-order valence-corrected chi connectivity index (χ1v) is 8.32. The zero-order valence-corrected chi connectivity index (χ0v) is 13.6. The van der Waals surface area contributed by atoms with Gasteiger partial charge in [-0.25, -0.2) is 0 Å². The van der Waals surface area contributed by atoms with Crippen molar-refractivity contribution in [2.24, 2.45) is 11.8 Å². The first-order chi connectivity index (χ1) is 10.1. The molecule has 0 amide bonds. The van der Waals surface area contributed by atoms with Gasteiger partial charge in [-0.3, -0.25) is 9.69 Å². The maximum absolute atomic E-state index is 11.7. The van der Waals surface area contributed by atoms with E-state index in [1.807, 2.05) is 6.92 Å². The topological polar surface area (TPSA) is 29.5 Å². The van der Waals surface area contributed by atoms with Gasteiger partial charge in [-0.05, 0) is 65.0 Å². The molecule has 118 valence electrons. The molecule has 0 bridgehead atoms. The smallest absolute Gasteiger partial charge is 0.309 e. The summed E-state index contributed by atoms with van der Waals surface area (Å²) >= 11 is 0. The van der Waals surface area contributed by atoms with E-state index in [1.54, 1.807) is 5.57 Å². The first-order valence-electron chi connectivity index (χ1n) is 8.32. The van der Waals surface area contributed by atoms with Crippen LogP contribution in [0.3, 0.4) is 0 Å². The van der Waals surface area contributed by atoms with Crippen molar-refractivity contribution in [3.63, 3.8) is 0 Å². The number of carbonyl (C=O) groups excluding carboxylic acids is 1. The molecule has 0 aromatic heterocycles. The van der Waals surface area contributed by atoms with Crippen LogP contribution in [-0.4, -0.2) is 37.1 Å². The van der Waals surface area contributed by atoms with Gasteiger partial charge in [-0.2, -0.15) is 0 Å². The van der Waals surface area contributed by atoms with Gasteiger partial charge in [0.05, 0.1) is 12.5 Å². The quantitative estimate of drug-likeness (QED) is 0.573. The molecule has 3 heteroatoms. The number of likely N-dealkylation sites (tertiary alicyclic amines) is 1. The number of carbonyl (C=O) groups is 1. The predicted octanol–water partition coefficient (Wildman–Crippen LogP) is 3.56. The summed E-state index contributed by atoms with van der Waals surface area (Å²) in [6.45, 7) is 11.7. The third-order valence-corrected chi connectivity index (χ3v) is 4.84. The van der Waals surface area contributed by atoms with E-state index in [0.717, 1.165) is 38.9 Å². The third-order valence-electron chi connectivity index (χ3n) is 4.84. The molecule has 0 spiro atoms. The Morgan fingerprint density at radius 1 is 1.33 bits per heavy atom. The van der Waals surface area contributed by atoms with E-state index in [1.165, 1.54) is 18.4 Å². The third kappa shape index (κ3) is 4.70. The van der Waals surface area contributed by atoms with Gasteiger partial charge in [0.2, 0.25) is 0 Å². The van der Waals surface area contributed by atoms with Gasteiger partial charge in [0, 0.05) is 6.54 Å². The maximum atomic E-state index is 11.7. The summed E-state index contributed by atoms with van der Waals surface area (Å²) in [7, 11) is 0. The van der Waals surface area contributed by atoms with Gasteiger partial charge in [-0.15, -0.1) is 0 Å². The van der Waals surface area contributed by atoms with Crippen molar-refractivity contribution in [1.82, 2.24) is 4.90 Å². The van der Waals surface area contributed by atoms with Gasteiger partial charge in [0.1, 0.15) is 0 Å². The molecule has 1 aliphatic heterocycles. The summed E-state index contributed by atoms with van der Waals surface area (Å²) in [5, 5.41) is 0. The summed E-state index contributed by atoms with van der Waals surface area (Å²) in [6, 6.07) is 0. The van der Waals surface area contributed by atoms with Crippen molar-refractivity contribution in [3.8, 4) is 0 Å². The second-order valence-corrected chi connectivity index (χ2v) is 6.48. The zero-order chi connectivity index (χ0) is 15.2. The minimum atomic E-state index is -0.00154. The van der Waals surface area contributed by atoms with E-state index >= 15 is 0 Å². The highest BCUT2D eigenvalue weighted by molar-refractivity contribution is 5.72. The number of nitrogens with zero attached hydrogens (tertiary/aromatic N) is 1. The van der Waals surface area contributed by atoms with Crippen LogP contribution >= 0.6 is 0 Å². The average molecular weight is 291 g/mol. The van der Waals surface area contributed by atoms with Gasteiger partial charge in [0.25, 0.3) is 0 Å². The van der Waals surface area contributed by atoms with Crippen molar-refractivity contribution in [1.29, 1.82) is 0 Å². The molecule has 2 rings (SSSR count). The van der Waals surface area contributed by atoms with E-state index in [4.69, 9.17) is 4.74 Å². The molecule has 0 aromatic carbocycles. The van der Waals surface area contributed by atoms with Crippen LogP contribution in [0.1, 0.15) is 46.0 Å². The van der Waals surface area contributed by atoms with Crippen LogP contribution in [0.4, 0.5) is 0 Å². The van der Waals surface area contributed by atoms with Crippen LogP contribution in [0.15, 0.2) is 23.8 Å². The van der Waals surface area contributed by atoms with Crippen molar-refractivity contribution in [3.05, 3.63) is 23.8 Å². The molecule has 21 heavy (non-hydrogen) atoms. The standard InChI is InChI=1S/C18H29NO2/c1-4-21-18(20)17-9-11-19(12-10-17)13-15-5-7-16(8-6-15)14(2)3/h5,16-17H,2,4,6-13H2,1,3H3/t16-/m0/s1. The molecule has 3 nitrogen and oxygen atoms in total. The van der Waals surface area contributed by atoms with E-state index in [9.17, 15) is 4.79 Å². The summed E-state index contributed by atoms with van der Waals surface area (Å²) in [5.41, 5.74) is 2.89. The van der Waals surface area contributed by atoms with Gasteiger partial charge in [0.15, 0.2) is 0 Å². The normalized spacial score (nSPS) is 24.5. The second-order valence-electron chi connectivity index (χ2n) is 6.48. The SMILES string of the molecule is C=C(C)[C@H]1CC=C(CN2CCC(C(=O)OCC)CC2)CC1. The fourth-order valence-corrected chi connectivity index (χ4v) is 3.35. The number of piperidine rings is 1. The lowest BCUT2D eigenvalue weighted by molar-refractivity contribution is -0.149. The van der Waals surface area contributed by atoms with Gasteiger partial charge >= 0.3 is 5.97 Å². The number of hydrogen-bond acceptors (Lipinski definition) is 3. The molecular weight excluding hydrogens is 262 g/mol. The molecule has 0 unspecified atom stereocenters.